The molecule has 0 unspecified atom stereocenters. The summed E-state index contributed by atoms with van der Waals surface area (Å²) in [6.45, 7) is 4.69. The van der Waals surface area contributed by atoms with Gasteiger partial charge in [-0.25, -0.2) is 0 Å². The number of benzene rings is 8. The van der Waals surface area contributed by atoms with Gasteiger partial charge in [0, 0.05) is 42.6 Å². The first-order valence-corrected chi connectivity index (χ1v) is 19.2. The summed E-state index contributed by atoms with van der Waals surface area (Å²) in [5, 5.41) is 2.65. The Morgan fingerprint density at radius 2 is 0.887 bits per heavy atom. The lowest BCUT2D eigenvalue weighted by Gasteiger charge is -2.26. The maximum absolute atomic E-state index is 2.40. The third kappa shape index (κ3) is 5.29. The van der Waals surface area contributed by atoms with Gasteiger partial charge in [0.1, 0.15) is 0 Å². The molecule has 1 nitrogen and oxygen atoms in total. The summed E-state index contributed by atoms with van der Waals surface area (Å²) in [5.74, 6) is 0. The molecule has 1 aliphatic carbocycles. The van der Waals surface area contributed by atoms with Gasteiger partial charge in [0.15, 0.2) is 0 Å². The predicted molar refractivity (Wildman–Crippen MR) is 228 cm³/mol. The van der Waals surface area contributed by atoms with E-state index in [0.717, 1.165) is 17.1 Å². The van der Waals surface area contributed by atoms with Crippen molar-refractivity contribution in [2.24, 2.45) is 0 Å². The Balaban J connectivity index is 1.03. The Morgan fingerprint density at radius 3 is 1.60 bits per heavy atom. The quantitative estimate of drug-likeness (QED) is 0.167. The second kappa shape index (κ2) is 12.5. The van der Waals surface area contributed by atoms with Gasteiger partial charge in [-0.1, -0.05) is 153 Å². The van der Waals surface area contributed by atoms with Gasteiger partial charge < -0.3 is 4.90 Å². The molecule has 0 aliphatic heterocycles. The summed E-state index contributed by atoms with van der Waals surface area (Å²) in [6.07, 6.45) is 0. The summed E-state index contributed by atoms with van der Waals surface area (Å²) in [4.78, 5) is 2.37. The van der Waals surface area contributed by atoms with Crippen molar-refractivity contribution >= 4 is 48.6 Å². The SMILES string of the molecule is CC1(C)c2ccccc2-c2ccc(-c3ccc(N(c4ccc(-c5ccccc5)cc4)c4ccc(-c5cccc6c5sc5ccccc56)cc4)cc3)cc21. The van der Waals surface area contributed by atoms with Crippen LogP contribution in [0, 0.1) is 0 Å². The van der Waals surface area contributed by atoms with E-state index in [1.165, 1.54) is 75.8 Å². The molecule has 8 aromatic carbocycles. The number of anilines is 3. The second-order valence-electron chi connectivity index (χ2n) is 14.6. The predicted octanol–water partition coefficient (Wildman–Crippen LogP) is 14.8. The smallest absolute Gasteiger partial charge is 0.0462 e. The first-order valence-electron chi connectivity index (χ1n) is 18.3. The van der Waals surface area contributed by atoms with Crippen LogP contribution in [0.15, 0.2) is 188 Å². The molecule has 0 radical (unpaired) electrons. The van der Waals surface area contributed by atoms with E-state index in [1.807, 2.05) is 11.3 Å². The zero-order valence-electron chi connectivity index (χ0n) is 29.8. The highest BCUT2D eigenvalue weighted by Gasteiger charge is 2.35. The third-order valence-corrected chi connectivity index (χ3v) is 12.3. The van der Waals surface area contributed by atoms with Crippen molar-refractivity contribution in [1.29, 1.82) is 0 Å². The van der Waals surface area contributed by atoms with E-state index in [-0.39, 0.29) is 5.41 Å². The van der Waals surface area contributed by atoms with E-state index < -0.39 is 0 Å². The van der Waals surface area contributed by atoms with E-state index in [0.29, 0.717) is 0 Å². The van der Waals surface area contributed by atoms with E-state index in [2.05, 4.69) is 207 Å². The largest absolute Gasteiger partial charge is 0.311 e. The lowest BCUT2D eigenvalue weighted by atomic mass is 9.81. The molecule has 1 aliphatic rings. The number of nitrogens with zero attached hydrogens (tertiary/aromatic N) is 1. The Kier molecular flexibility index (Phi) is 7.42. The molecule has 252 valence electrons. The van der Waals surface area contributed by atoms with E-state index in [1.54, 1.807) is 0 Å². The maximum atomic E-state index is 2.40. The van der Waals surface area contributed by atoms with E-state index in [4.69, 9.17) is 0 Å². The highest BCUT2D eigenvalue weighted by Crippen LogP contribution is 2.50. The topological polar surface area (TPSA) is 3.24 Å². The molecule has 10 rings (SSSR count). The fraction of sp³-hybridized carbons (Fsp3) is 0.0588. The van der Waals surface area contributed by atoms with E-state index in [9.17, 15) is 0 Å². The molecular formula is C51H37NS. The molecule has 1 aromatic heterocycles. The minimum Gasteiger partial charge on any atom is -0.311 e. The van der Waals surface area contributed by atoms with Gasteiger partial charge in [-0.3, -0.25) is 0 Å². The molecule has 0 fully saturated rings. The van der Waals surface area contributed by atoms with Crippen molar-refractivity contribution < 1.29 is 0 Å². The van der Waals surface area contributed by atoms with Crippen LogP contribution in [0.4, 0.5) is 17.1 Å². The minimum absolute atomic E-state index is 0.0285. The third-order valence-electron chi connectivity index (χ3n) is 11.1. The summed E-state index contributed by atoms with van der Waals surface area (Å²) >= 11 is 1.88. The molecule has 2 heteroatoms. The van der Waals surface area contributed by atoms with Gasteiger partial charge in [-0.05, 0) is 104 Å². The Bertz CT molecular complexity index is 2770. The zero-order valence-corrected chi connectivity index (χ0v) is 30.6. The van der Waals surface area contributed by atoms with Crippen LogP contribution in [0.3, 0.4) is 0 Å². The van der Waals surface area contributed by atoms with Crippen molar-refractivity contribution in [2.75, 3.05) is 4.90 Å². The molecule has 0 amide bonds. The highest BCUT2D eigenvalue weighted by molar-refractivity contribution is 7.26. The maximum Gasteiger partial charge on any atom is 0.0462 e. The van der Waals surface area contributed by atoms with Crippen LogP contribution in [-0.2, 0) is 5.41 Å². The Hall–Kier alpha value is -6.22. The van der Waals surface area contributed by atoms with Gasteiger partial charge in [0.05, 0.1) is 0 Å². The van der Waals surface area contributed by atoms with Crippen LogP contribution >= 0.6 is 11.3 Å². The van der Waals surface area contributed by atoms with Gasteiger partial charge in [-0.2, -0.15) is 0 Å². The van der Waals surface area contributed by atoms with Crippen LogP contribution in [-0.4, -0.2) is 0 Å². The molecule has 0 spiro atoms. The lowest BCUT2D eigenvalue weighted by Crippen LogP contribution is -2.14. The lowest BCUT2D eigenvalue weighted by molar-refractivity contribution is 0.660. The fourth-order valence-corrected chi connectivity index (χ4v) is 9.57. The van der Waals surface area contributed by atoms with Crippen LogP contribution < -0.4 is 4.90 Å². The number of thiophene rings is 1. The number of hydrogen-bond acceptors (Lipinski definition) is 2. The van der Waals surface area contributed by atoms with Crippen LogP contribution in [0.2, 0.25) is 0 Å². The van der Waals surface area contributed by atoms with Crippen molar-refractivity contribution in [3.63, 3.8) is 0 Å². The first kappa shape index (κ1) is 31.5. The number of hydrogen-bond donors (Lipinski definition) is 0. The van der Waals surface area contributed by atoms with Gasteiger partial charge >= 0.3 is 0 Å². The van der Waals surface area contributed by atoms with Crippen LogP contribution in [0.25, 0.3) is 64.7 Å². The van der Waals surface area contributed by atoms with Gasteiger partial charge in [-0.15, -0.1) is 11.3 Å². The molecule has 0 N–H and O–H groups in total. The molecule has 53 heavy (non-hydrogen) atoms. The summed E-state index contributed by atoms with van der Waals surface area (Å²) in [5.41, 5.74) is 16.2. The van der Waals surface area contributed by atoms with Crippen molar-refractivity contribution in [3.8, 4) is 44.5 Å². The highest BCUT2D eigenvalue weighted by atomic mass is 32.1. The monoisotopic (exact) mass is 695 g/mol. The zero-order chi connectivity index (χ0) is 35.5. The number of rotatable bonds is 6. The number of fused-ring (bicyclic) bond motifs is 6. The standard InChI is InChI=1S/C51H37NS/c1-51(2)47-17-8-6-13-43(47)44-32-25-38(33-48(44)51)36-21-28-40(29-22-36)52(39-26-19-35(20-27-39)34-11-4-3-5-12-34)41-30-23-37(24-31-41)42-15-10-16-46-45-14-7-9-18-49(45)53-50(42)46/h3-33H,1-2H3. The fourth-order valence-electron chi connectivity index (χ4n) is 8.33. The average molecular weight is 696 g/mol. The molecule has 0 atom stereocenters. The molecule has 0 bridgehead atoms. The molecule has 0 saturated carbocycles. The van der Waals surface area contributed by atoms with Gasteiger partial charge in [0.25, 0.3) is 0 Å². The normalized spacial score (nSPS) is 12.9. The Labute approximate surface area is 315 Å². The molecule has 1 heterocycles. The van der Waals surface area contributed by atoms with Gasteiger partial charge in [0.2, 0.25) is 0 Å². The second-order valence-corrected chi connectivity index (χ2v) is 15.6. The first-order chi connectivity index (χ1) is 26.0. The molecule has 0 saturated heterocycles. The minimum atomic E-state index is -0.0285. The van der Waals surface area contributed by atoms with E-state index >= 15 is 0 Å². The van der Waals surface area contributed by atoms with Crippen molar-refractivity contribution in [2.45, 2.75) is 19.3 Å². The molecule has 9 aromatic rings. The summed E-state index contributed by atoms with van der Waals surface area (Å²) in [6, 6.07) is 68.9. The summed E-state index contributed by atoms with van der Waals surface area (Å²) in [7, 11) is 0. The average Bonchev–Trinajstić information content (AvgIpc) is 3.71. The van der Waals surface area contributed by atoms with Crippen LogP contribution in [0.5, 0.6) is 0 Å². The van der Waals surface area contributed by atoms with Crippen molar-refractivity contribution in [3.05, 3.63) is 199 Å². The van der Waals surface area contributed by atoms with Crippen LogP contribution in [0.1, 0.15) is 25.0 Å². The van der Waals surface area contributed by atoms with Crippen molar-refractivity contribution in [1.82, 2.24) is 0 Å². The Morgan fingerprint density at radius 1 is 0.377 bits per heavy atom. The summed E-state index contributed by atoms with van der Waals surface area (Å²) < 4.78 is 2.66. The molecular weight excluding hydrogens is 659 g/mol.